The van der Waals surface area contributed by atoms with Crippen LogP contribution in [0.25, 0.3) is 0 Å². The number of halogens is 14. The van der Waals surface area contributed by atoms with Gasteiger partial charge in [0.25, 0.3) is 0 Å². The number of rotatable bonds is 2. The van der Waals surface area contributed by atoms with Gasteiger partial charge in [0.05, 0.1) is 14.2 Å². The topological polar surface area (TPSA) is 18.5 Å². The molecule has 0 aliphatic heterocycles. The van der Waals surface area contributed by atoms with Crippen LogP contribution in [-0.4, -0.2) is 14.2 Å². The zero-order valence-electron chi connectivity index (χ0n) is 16.1. The fraction of sp³-hybridized carbons (Fsp3) is 0.333. The van der Waals surface area contributed by atoms with Crippen LogP contribution >= 0.6 is 0 Å². The first kappa shape index (κ1) is 25.7. The lowest BCUT2D eigenvalue weighted by Crippen LogP contribution is -2.43. The van der Waals surface area contributed by atoms with E-state index in [2.05, 4.69) is 9.47 Å². The van der Waals surface area contributed by atoms with E-state index in [4.69, 9.17) is 0 Å². The zero-order chi connectivity index (χ0) is 26.3. The summed E-state index contributed by atoms with van der Waals surface area (Å²) in [4.78, 5) is 0. The molecule has 6 rings (SSSR count). The van der Waals surface area contributed by atoms with Gasteiger partial charge in [-0.15, -0.1) is 0 Å². The minimum Gasteiger partial charge on any atom is -0.493 e. The molecule has 0 N–H and O–H groups in total. The number of ether oxygens (including phenoxy) is 2. The highest BCUT2D eigenvalue weighted by Gasteiger charge is 2.70. The number of benzene rings is 2. The van der Waals surface area contributed by atoms with Gasteiger partial charge in [-0.25, -0.2) is 26.3 Å². The number of methoxy groups -OCH3 is 2. The van der Waals surface area contributed by atoms with Gasteiger partial charge in [-0.2, -0.15) is 35.1 Å². The Morgan fingerprint density at radius 3 is 0.824 bits per heavy atom. The Bertz CT molecular complexity index is 1110. The molecule has 0 unspecified atom stereocenters. The van der Waals surface area contributed by atoms with Crippen molar-refractivity contribution in [2.24, 2.45) is 0 Å². The van der Waals surface area contributed by atoms with Crippen molar-refractivity contribution < 1.29 is 70.9 Å². The first-order valence-corrected chi connectivity index (χ1v) is 8.37. The molecule has 2 nitrogen and oxygen atoms in total. The van der Waals surface area contributed by atoms with E-state index in [0.29, 0.717) is 0 Å². The lowest BCUT2D eigenvalue weighted by molar-refractivity contribution is -0.235. The summed E-state index contributed by atoms with van der Waals surface area (Å²) in [6, 6.07) is 0. The maximum Gasteiger partial charge on any atom is 0.346 e. The normalized spacial score (nSPS) is 19.5. The summed E-state index contributed by atoms with van der Waals surface area (Å²) in [5.41, 5.74) is -13.2. The minimum absolute atomic E-state index is 0.0944. The Morgan fingerprint density at radius 2 is 0.588 bits per heavy atom. The molecule has 2 aromatic carbocycles. The lowest BCUT2D eigenvalue weighted by atomic mass is 9.85. The van der Waals surface area contributed by atoms with Crippen molar-refractivity contribution in [1.82, 2.24) is 0 Å². The summed E-state index contributed by atoms with van der Waals surface area (Å²) >= 11 is 0. The van der Waals surface area contributed by atoms with Crippen molar-refractivity contribution in [3.05, 3.63) is 57.2 Å². The Morgan fingerprint density at radius 1 is 0.382 bits per heavy atom. The van der Waals surface area contributed by atoms with E-state index < -0.39 is 92.3 Å². The summed E-state index contributed by atoms with van der Waals surface area (Å²) in [5, 5.41) is 0. The number of alkyl halides is 8. The molecule has 16 heteroatoms. The van der Waals surface area contributed by atoms with E-state index in [9.17, 15) is 61.5 Å². The first-order chi connectivity index (χ1) is 15.3. The van der Waals surface area contributed by atoms with E-state index in [1.807, 2.05) is 0 Å². The molecular weight excluding hydrogens is 514 g/mol. The van der Waals surface area contributed by atoms with Crippen molar-refractivity contribution >= 4 is 0 Å². The molecule has 0 heterocycles. The van der Waals surface area contributed by atoms with Gasteiger partial charge >= 0.3 is 23.7 Å². The highest BCUT2D eigenvalue weighted by Crippen LogP contribution is 2.61. The highest BCUT2D eigenvalue weighted by atomic mass is 19.3. The third-order valence-electron chi connectivity index (χ3n) is 5.01. The zero-order valence-corrected chi connectivity index (χ0v) is 16.1. The van der Waals surface area contributed by atoms with Crippen LogP contribution in [0.5, 0.6) is 11.5 Å². The molecular formula is C18H6F14O2. The number of hydrogen-bond donors (Lipinski definition) is 0. The molecule has 0 saturated carbocycles. The predicted octanol–water partition coefficient (Wildman–Crippen LogP) is 6.62. The van der Waals surface area contributed by atoms with Crippen molar-refractivity contribution in [2.75, 3.05) is 14.2 Å². The smallest absolute Gasteiger partial charge is 0.346 e. The third kappa shape index (κ3) is 2.76. The third-order valence-corrected chi connectivity index (χ3v) is 5.01. The van der Waals surface area contributed by atoms with Gasteiger partial charge in [0.1, 0.15) is 22.3 Å². The fourth-order valence-corrected chi connectivity index (χ4v) is 3.40. The van der Waals surface area contributed by atoms with Crippen LogP contribution in [0.1, 0.15) is 22.3 Å². The summed E-state index contributed by atoms with van der Waals surface area (Å²) in [6.45, 7) is 0. The predicted molar refractivity (Wildman–Crippen MR) is 81.3 cm³/mol. The molecule has 0 spiro atoms. The maximum atomic E-state index is 14.8. The van der Waals surface area contributed by atoms with Gasteiger partial charge in [-0.1, -0.05) is 0 Å². The minimum atomic E-state index is -6.50. The van der Waals surface area contributed by atoms with Gasteiger partial charge in [0.15, 0.2) is 46.4 Å². The molecule has 4 aliphatic rings. The molecule has 0 atom stereocenters. The Kier molecular flexibility index (Phi) is 5.50. The largest absolute Gasteiger partial charge is 0.493 e. The molecule has 0 fully saturated rings. The lowest BCUT2D eigenvalue weighted by Gasteiger charge is -2.34. The van der Waals surface area contributed by atoms with Gasteiger partial charge in [0.2, 0.25) is 0 Å². The van der Waals surface area contributed by atoms with Crippen LogP contribution < -0.4 is 9.47 Å². The summed E-state index contributed by atoms with van der Waals surface area (Å²) < 4.78 is 212. The monoisotopic (exact) mass is 520 g/mol. The fourth-order valence-electron chi connectivity index (χ4n) is 3.40. The molecule has 0 saturated heterocycles. The van der Waals surface area contributed by atoms with Gasteiger partial charge in [-0.05, 0) is 0 Å². The Hall–Kier alpha value is -2.94. The molecule has 188 valence electrons. The van der Waals surface area contributed by atoms with Crippen LogP contribution in [0.2, 0.25) is 0 Å². The van der Waals surface area contributed by atoms with Gasteiger partial charge < -0.3 is 9.47 Å². The molecule has 34 heavy (non-hydrogen) atoms. The Labute approximate surface area is 178 Å². The SMILES string of the molecule is COc1c(F)c2c(F)c(F)c1C(F)(F)C(F)(F)c1c(F)c(F)c(c(OC)c1F)C(F)(F)C2(F)F. The van der Waals surface area contributed by atoms with Crippen molar-refractivity contribution in [1.29, 1.82) is 0 Å². The van der Waals surface area contributed by atoms with Crippen LogP contribution in [-0.2, 0) is 23.7 Å². The van der Waals surface area contributed by atoms with Crippen LogP contribution in [0.3, 0.4) is 0 Å². The van der Waals surface area contributed by atoms with Crippen molar-refractivity contribution in [3.8, 4) is 11.5 Å². The van der Waals surface area contributed by atoms with Crippen LogP contribution in [0.4, 0.5) is 61.5 Å². The second kappa shape index (κ2) is 7.28. The molecule has 0 aromatic heterocycles. The number of hydrogen-bond acceptors (Lipinski definition) is 2. The summed E-state index contributed by atoms with van der Waals surface area (Å²) in [7, 11) is 0.189. The Balaban J connectivity index is 2.79. The van der Waals surface area contributed by atoms with Gasteiger partial charge in [0, 0.05) is 0 Å². The average molecular weight is 520 g/mol. The maximum absolute atomic E-state index is 14.8. The van der Waals surface area contributed by atoms with E-state index in [1.165, 1.54) is 0 Å². The quantitative estimate of drug-likeness (QED) is 0.328. The molecule has 0 radical (unpaired) electrons. The van der Waals surface area contributed by atoms with Crippen molar-refractivity contribution in [3.63, 3.8) is 0 Å². The first-order valence-electron chi connectivity index (χ1n) is 8.37. The molecule has 0 amide bonds. The molecule has 4 aliphatic carbocycles. The van der Waals surface area contributed by atoms with Crippen LogP contribution in [0.15, 0.2) is 0 Å². The van der Waals surface area contributed by atoms with E-state index in [-0.39, 0.29) is 14.2 Å². The second-order valence-corrected chi connectivity index (χ2v) is 6.75. The van der Waals surface area contributed by atoms with Crippen LogP contribution in [0, 0.1) is 34.9 Å². The average Bonchev–Trinajstić information content (AvgIpc) is 2.71. The standard InChI is InChI=1S/C18H6F14O2/c1-33-13-5-9(21)7(19)3(11(13)23)15(25,26)18(31,32)6-10(22)8(20)4(12(24)14(6)34-2)16(27,28)17(5,29)30/h1-2H3. The van der Waals surface area contributed by atoms with E-state index in [1.54, 1.807) is 0 Å². The molecule has 2 aromatic rings. The van der Waals surface area contributed by atoms with Gasteiger partial charge in [-0.3, -0.25) is 0 Å². The summed E-state index contributed by atoms with van der Waals surface area (Å²) in [5.74, 6) is -51.4. The van der Waals surface area contributed by atoms with E-state index in [0.717, 1.165) is 0 Å². The molecule has 4 bridgehead atoms. The van der Waals surface area contributed by atoms with Crippen molar-refractivity contribution in [2.45, 2.75) is 23.7 Å². The highest BCUT2D eigenvalue weighted by molar-refractivity contribution is 5.53. The summed E-state index contributed by atoms with van der Waals surface area (Å²) in [6.07, 6.45) is 0. The second-order valence-electron chi connectivity index (χ2n) is 6.75. The van der Waals surface area contributed by atoms with E-state index >= 15 is 0 Å².